The van der Waals surface area contributed by atoms with E-state index < -0.39 is 15.9 Å². The van der Waals surface area contributed by atoms with Crippen LogP contribution in [0, 0.1) is 0 Å². The maximum Gasteiger partial charge on any atom is 0.285 e. The van der Waals surface area contributed by atoms with Gasteiger partial charge in [0.2, 0.25) is 0 Å². The van der Waals surface area contributed by atoms with Crippen molar-refractivity contribution in [1.29, 1.82) is 0 Å². The second kappa shape index (κ2) is 4.90. The first-order chi connectivity index (χ1) is 10.1. The Kier molecular flexibility index (Phi) is 3.19. The summed E-state index contributed by atoms with van der Waals surface area (Å²) in [6, 6.07) is 6.36. The van der Waals surface area contributed by atoms with E-state index in [9.17, 15) is 13.2 Å². The van der Waals surface area contributed by atoms with Gasteiger partial charge in [-0.25, -0.2) is 9.29 Å². The van der Waals surface area contributed by atoms with Crippen molar-refractivity contribution in [3.05, 3.63) is 53.5 Å². The molecule has 0 spiro atoms. The van der Waals surface area contributed by atoms with Crippen LogP contribution >= 0.6 is 0 Å². The predicted octanol–water partition coefficient (Wildman–Crippen LogP) is 0.280. The Morgan fingerprint density at radius 2 is 1.86 bits per heavy atom. The van der Waals surface area contributed by atoms with E-state index in [0.29, 0.717) is 11.3 Å². The standard InChI is InChI=1S/C13H12N4O3S/c14-7-11-9(3-1-5-15-11)8-17-13(18)10-4-2-6-16-12(10)21(17,19)20/h1-6H,7-8,14H2. The van der Waals surface area contributed by atoms with Gasteiger partial charge in [0.25, 0.3) is 15.9 Å². The van der Waals surface area contributed by atoms with E-state index in [4.69, 9.17) is 5.73 Å². The van der Waals surface area contributed by atoms with Crippen molar-refractivity contribution in [2.45, 2.75) is 18.1 Å². The number of nitrogens with zero attached hydrogens (tertiary/aromatic N) is 3. The molecule has 2 aromatic heterocycles. The monoisotopic (exact) mass is 304 g/mol. The van der Waals surface area contributed by atoms with E-state index in [2.05, 4.69) is 9.97 Å². The zero-order chi connectivity index (χ0) is 15.0. The van der Waals surface area contributed by atoms with Crippen LogP contribution in [0.25, 0.3) is 0 Å². The molecule has 3 rings (SSSR count). The van der Waals surface area contributed by atoms with E-state index >= 15 is 0 Å². The van der Waals surface area contributed by atoms with Crippen molar-refractivity contribution >= 4 is 15.9 Å². The third-order valence-corrected chi connectivity index (χ3v) is 4.94. The second-order valence-electron chi connectivity index (χ2n) is 4.49. The maximum atomic E-state index is 12.4. The zero-order valence-electron chi connectivity index (χ0n) is 10.9. The molecule has 2 N–H and O–H groups in total. The summed E-state index contributed by atoms with van der Waals surface area (Å²) in [6.07, 6.45) is 2.92. The Balaban J connectivity index is 2.04. The third kappa shape index (κ3) is 2.08. The minimum Gasteiger partial charge on any atom is -0.325 e. The maximum absolute atomic E-state index is 12.4. The molecule has 2 aromatic rings. The lowest BCUT2D eigenvalue weighted by molar-refractivity contribution is 0.0864. The number of hydrogen-bond acceptors (Lipinski definition) is 6. The highest BCUT2D eigenvalue weighted by Gasteiger charge is 2.42. The quantitative estimate of drug-likeness (QED) is 0.873. The minimum absolute atomic E-state index is 0.0932. The summed E-state index contributed by atoms with van der Waals surface area (Å²) in [5, 5.41) is -0.201. The Morgan fingerprint density at radius 3 is 2.57 bits per heavy atom. The lowest BCUT2D eigenvalue weighted by Gasteiger charge is -2.16. The molecule has 0 unspecified atom stereocenters. The summed E-state index contributed by atoms with van der Waals surface area (Å²) in [4.78, 5) is 20.2. The molecule has 0 saturated carbocycles. The minimum atomic E-state index is -3.91. The van der Waals surface area contributed by atoms with Crippen molar-refractivity contribution < 1.29 is 13.2 Å². The summed E-state index contributed by atoms with van der Waals surface area (Å²) in [5.41, 5.74) is 6.84. The van der Waals surface area contributed by atoms with Crippen LogP contribution < -0.4 is 5.73 Å². The van der Waals surface area contributed by atoms with E-state index in [1.54, 1.807) is 18.3 Å². The molecule has 0 radical (unpaired) electrons. The highest BCUT2D eigenvalue weighted by molar-refractivity contribution is 7.90. The van der Waals surface area contributed by atoms with Crippen molar-refractivity contribution in [2.24, 2.45) is 5.73 Å². The smallest absolute Gasteiger partial charge is 0.285 e. The zero-order valence-corrected chi connectivity index (χ0v) is 11.7. The van der Waals surface area contributed by atoms with Gasteiger partial charge in [-0.3, -0.25) is 9.78 Å². The summed E-state index contributed by atoms with van der Waals surface area (Å²) >= 11 is 0. The first-order valence-electron chi connectivity index (χ1n) is 6.20. The van der Waals surface area contributed by atoms with Crippen molar-refractivity contribution in [2.75, 3.05) is 0 Å². The SMILES string of the molecule is NCc1ncccc1CN1C(=O)c2cccnc2S1(=O)=O. The topological polar surface area (TPSA) is 106 Å². The molecular formula is C13H12N4O3S. The number of sulfonamides is 1. The summed E-state index contributed by atoms with van der Waals surface area (Å²) in [5.74, 6) is -0.579. The van der Waals surface area contributed by atoms with Crippen LogP contribution in [0.2, 0.25) is 0 Å². The van der Waals surface area contributed by atoms with Crippen LogP contribution in [0.3, 0.4) is 0 Å². The Morgan fingerprint density at radius 1 is 1.14 bits per heavy atom. The van der Waals surface area contributed by atoms with Gasteiger partial charge in [-0.1, -0.05) is 6.07 Å². The molecule has 8 heteroatoms. The summed E-state index contributed by atoms with van der Waals surface area (Å²) < 4.78 is 25.6. The highest BCUT2D eigenvalue weighted by Crippen LogP contribution is 2.29. The van der Waals surface area contributed by atoms with Gasteiger partial charge in [-0.15, -0.1) is 0 Å². The number of pyridine rings is 2. The number of rotatable bonds is 3. The summed E-state index contributed by atoms with van der Waals surface area (Å²) in [7, 11) is -3.91. The number of fused-ring (bicyclic) bond motifs is 1. The Labute approximate surface area is 121 Å². The van der Waals surface area contributed by atoms with Crippen LogP contribution in [-0.2, 0) is 23.1 Å². The molecule has 0 aliphatic carbocycles. The average Bonchev–Trinajstić information content (AvgIpc) is 2.69. The number of hydrogen-bond donors (Lipinski definition) is 1. The molecule has 108 valence electrons. The fourth-order valence-electron chi connectivity index (χ4n) is 2.22. The average molecular weight is 304 g/mol. The van der Waals surface area contributed by atoms with Gasteiger partial charge in [-0.05, 0) is 23.8 Å². The van der Waals surface area contributed by atoms with Crippen molar-refractivity contribution in [3.8, 4) is 0 Å². The fourth-order valence-corrected chi connectivity index (χ4v) is 3.68. The van der Waals surface area contributed by atoms with Gasteiger partial charge in [-0.2, -0.15) is 8.42 Å². The van der Waals surface area contributed by atoms with E-state index in [0.717, 1.165) is 4.31 Å². The second-order valence-corrected chi connectivity index (χ2v) is 6.26. The number of nitrogens with two attached hydrogens (primary N) is 1. The van der Waals surface area contributed by atoms with Gasteiger partial charge in [0, 0.05) is 18.9 Å². The first-order valence-corrected chi connectivity index (χ1v) is 7.64. The first kappa shape index (κ1) is 13.7. The molecular weight excluding hydrogens is 292 g/mol. The fraction of sp³-hybridized carbons (Fsp3) is 0.154. The number of carbonyl (C=O) groups excluding carboxylic acids is 1. The van der Waals surface area contributed by atoms with Gasteiger partial charge in [0.1, 0.15) is 0 Å². The molecule has 3 heterocycles. The number of amides is 1. The normalized spacial score (nSPS) is 16.0. The van der Waals surface area contributed by atoms with Gasteiger partial charge < -0.3 is 5.73 Å². The van der Waals surface area contributed by atoms with Crippen LogP contribution in [0.5, 0.6) is 0 Å². The van der Waals surface area contributed by atoms with Crippen molar-refractivity contribution in [3.63, 3.8) is 0 Å². The Bertz CT molecular complexity index is 820. The van der Waals surface area contributed by atoms with E-state index in [1.807, 2.05) is 0 Å². The number of aromatic nitrogens is 2. The molecule has 1 aliphatic heterocycles. The molecule has 7 nitrogen and oxygen atoms in total. The molecule has 1 aliphatic rings. The molecule has 0 fully saturated rings. The summed E-state index contributed by atoms with van der Waals surface area (Å²) in [6.45, 7) is 0.0708. The Hall–Kier alpha value is -2.32. The van der Waals surface area contributed by atoms with Crippen LogP contribution in [0.15, 0.2) is 41.7 Å². The molecule has 1 amide bonds. The van der Waals surface area contributed by atoms with Gasteiger partial charge >= 0.3 is 0 Å². The van der Waals surface area contributed by atoms with E-state index in [-0.39, 0.29) is 23.7 Å². The van der Waals surface area contributed by atoms with Gasteiger partial charge in [0.05, 0.1) is 17.8 Å². The van der Waals surface area contributed by atoms with E-state index in [1.165, 1.54) is 18.3 Å². The van der Waals surface area contributed by atoms with Crippen LogP contribution in [-0.4, -0.2) is 28.6 Å². The molecule has 0 bridgehead atoms. The van der Waals surface area contributed by atoms with Crippen LogP contribution in [0.4, 0.5) is 0 Å². The lowest BCUT2D eigenvalue weighted by Crippen LogP contribution is -2.30. The lowest BCUT2D eigenvalue weighted by atomic mass is 10.2. The molecule has 0 saturated heterocycles. The largest absolute Gasteiger partial charge is 0.325 e. The number of carbonyl (C=O) groups is 1. The molecule has 0 aromatic carbocycles. The van der Waals surface area contributed by atoms with Gasteiger partial charge in [0.15, 0.2) is 5.03 Å². The third-order valence-electron chi connectivity index (χ3n) is 3.25. The predicted molar refractivity (Wildman–Crippen MR) is 73.4 cm³/mol. The van der Waals surface area contributed by atoms with Crippen LogP contribution in [0.1, 0.15) is 21.6 Å². The van der Waals surface area contributed by atoms with Crippen molar-refractivity contribution in [1.82, 2.24) is 14.3 Å². The highest BCUT2D eigenvalue weighted by atomic mass is 32.2. The molecule has 21 heavy (non-hydrogen) atoms. The molecule has 0 atom stereocenters.